The average molecular weight is 1040 g/mol. The van der Waals surface area contributed by atoms with Crippen molar-refractivity contribution in [3.05, 3.63) is 60.8 Å². The van der Waals surface area contributed by atoms with E-state index < -0.39 is 102 Å². The van der Waals surface area contributed by atoms with Crippen LogP contribution in [-0.2, 0) is 41.8 Å². The van der Waals surface area contributed by atoms with E-state index in [1.807, 2.05) is 0 Å². The van der Waals surface area contributed by atoms with Crippen LogP contribution >= 0.6 is 15.6 Å². The lowest BCUT2D eigenvalue weighted by atomic mass is 9.85. The molecule has 0 aromatic carbocycles. The summed E-state index contributed by atoms with van der Waals surface area (Å²) < 4.78 is 49.2. The van der Waals surface area contributed by atoms with Crippen LogP contribution in [-0.4, -0.2) is 137 Å². The number of carbonyl (C=O) groups excluding carboxylic acids is 2. The molecule has 5 unspecified atom stereocenters. The van der Waals surface area contributed by atoms with Crippen molar-refractivity contribution in [3.8, 4) is 0 Å². The van der Waals surface area contributed by atoms with E-state index in [9.17, 15) is 69.1 Å². The molecular weight excluding hydrogens is 954 g/mol. The van der Waals surface area contributed by atoms with E-state index in [-0.39, 0.29) is 25.7 Å². The van der Waals surface area contributed by atoms with Gasteiger partial charge < -0.3 is 59.9 Å². The second-order valence-corrected chi connectivity index (χ2v) is 20.3. The summed E-state index contributed by atoms with van der Waals surface area (Å²) in [6, 6.07) is 0. The number of phosphoric ester groups is 2. The SMILES string of the molecule is CCCCCCCC/C=C\CCCCCCCCCC(=O)OC[C@H](COP(=O)(O)O[C@H]1C(O)C(O)C(O)[C@@H](OP(=O)(O)O)C1O)OC(=O)CCC[C@H](O)[C@@H](O)/C=C/C=C/C=C\C=C\[C@@H](O)CCCCC. The number of allylic oxidation sites excluding steroid dienone is 8. The number of hydrogen-bond donors (Lipinski definition) is 10. The zero-order chi connectivity index (χ0) is 52.2. The van der Waals surface area contributed by atoms with Crippen LogP contribution in [0, 0.1) is 0 Å². The Morgan fingerprint density at radius 1 is 0.543 bits per heavy atom. The molecule has 11 atom stereocenters. The minimum atomic E-state index is -5.41. The van der Waals surface area contributed by atoms with Gasteiger partial charge in [0.2, 0.25) is 0 Å². The van der Waals surface area contributed by atoms with Gasteiger partial charge in [0.05, 0.1) is 24.9 Å². The zero-order valence-electron chi connectivity index (χ0n) is 41.3. The van der Waals surface area contributed by atoms with Crippen LogP contribution in [0.5, 0.6) is 0 Å². The monoisotopic (exact) mass is 1040 g/mol. The molecule has 0 aromatic rings. The molecule has 1 aliphatic rings. The molecule has 0 bridgehead atoms. The molecule has 0 heterocycles. The van der Waals surface area contributed by atoms with Crippen LogP contribution in [0.15, 0.2) is 60.8 Å². The van der Waals surface area contributed by atoms with Gasteiger partial charge in [-0.1, -0.05) is 158 Å². The number of unbranched alkanes of at least 4 members (excludes halogenated alkanes) is 15. The lowest BCUT2D eigenvalue weighted by Crippen LogP contribution is -2.64. The molecule has 0 saturated heterocycles. The highest BCUT2D eigenvalue weighted by molar-refractivity contribution is 7.47. The highest BCUT2D eigenvalue weighted by Crippen LogP contribution is 2.49. The topological polar surface area (TPSA) is 317 Å². The van der Waals surface area contributed by atoms with E-state index >= 15 is 0 Å². The number of aliphatic hydroxyl groups excluding tert-OH is 7. The van der Waals surface area contributed by atoms with Crippen molar-refractivity contribution >= 4 is 27.6 Å². The van der Waals surface area contributed by atoms with Crippen molar-refractivity contribution in [2.75, 3.05) is 13.2 Å². The van der Waals surface area contributed by atoms with Crippen molar-refractivity contribution < 1.29 is 92.2 Å². The largest absolute Gasteiger partial charge is 0.472 e. The molecule has 21 heteroatoms. The lowest BCUT2D eigenvalue weighted by Gasteiger charge is -2.43. The molecule has 0 amide bonds. The molecule has 1 rings (SSSR count). The van der Waals surface area contributed by atoms with Crippen LogP contribution in [0.25, 0.3) is 0 Å². The van der Waals surface area contributed by atoms with Crippen LogP contribution < -0.4 is 0 Å². The van der Waals surface area contributed by atoms with Crippen LogP contribution in [0.3, 0.4) is 0 Å². The fourth-order valence-corrected chi connectivity index (χ4v) is 8.88. The number of phosphoric acid groups is 2. The molecule has 19 nitrogen and oxygen atoms in total. The van der Waals surface area contributed by atoms with Gasteiger partial charge in [-0.2, -0.15) is 0 Å². The van der Waals surface area contributed by atoms with E-state index in [4.69, 9.17) is 18.5 Å². The Labute approximate surface area is 415 Å². The van der Waals surface area contributed by atoms with E-state index in [0.29, 0.717) is 12.8 Å². The smallest absolute Gasteiger partial charge is 0.462 e. The Bertz CT molecular complexity index is 1630. The third-order valence-electron chi connectivity index (χ3n) is 11.4. The van der Waals surface area contributed by atoms with Gasteiger partial charge in [-0.05, 0) is 51.4 Å². The number of rotatable bonds is 41. The first-order valence-corrected chi connectivity index (χ1v) is 28.2. The molecular formula is C49H86O19P2. The molecule has 1 fully saturated rings. The second-order valence-electron chi connectivity index (χ2n) is 17.7. The second kappa shape index (κ2) is 39.1. The average Bonchev–Trinajstić information content (AvgIpc) is 3.31. The quantitative estimate of drug-likeness (QED) is 0.00994. The van der Waals surface area contributed by atoms with Gasteiger partial charge in [-0.25, -0.2) is 9.13 Å². The van der Waals surface area contributed by atoms with Gasteiger partial charge >= 0.3 is 27.6 Å². The van der Waals surface area contributed by atoms with Crippen molar-refractivity contribution in [1.29, 1.82) is 0 Å². The maximum absolute atomic E-state index is 13.0. The fourth-order valence-electron chi connectivity index (χ4n) is 7.35. The Morgan fingerprint density at radius 2 is 1.04 bits per heavy atom. The van der Waals surface area contributed by atoms with Crippen molar-refractivity contribution in [3.63, 3.8) is 0 Å². The Balaban J connectivity index is 2.71. The predicted octanol–water partition coefficient (Wildman–Crippen LogP) is 6.75. The lowest BCUT2D eigenvalue weighted by molar-refractivity contribution is -0.216. The van der Waals surface area contributed by atoms with Gasteiger partial charge in [-0.3, -0.25) is 23.2 Å². The van der Waals surface area contributed by atoms with Gasteiger partial charge in [0, 0.05) is 12.8 Å². The number of ether oxygens (including phenoxy) is 2. The summed E-state index contributed by atoms with van der Waals surface area (Å²) in [4.78, 5) is 54.4. The first-order chi connectivity index (χ1) is 33.3. The van der Waals surface area contributed by atoms with Crippen molar-refractivity contribution in [2.24, 2.45) is 0 Å². The van der Waals surface area contributed by atoms with E-state index in [1.54, 1.807) is 36.5 Å². The van der Waals surface area contributed by atoms with Crippen LogP contribution in [0.4, 0.5) is 0 Å². The number of hydrogen-bond acceptors (Lipinski definition) is 16. The third kappa shape index (κ3) is 32.6. The number of aliphatic hydroxyl groups is 7. The van der Waals surface area contributed by atoms with Crippen molar-refractivity contribution in [2.45, 2.75) is 223 Å². The minimum Gasteiger partial charge on any atom is -0.462 e. The van der Waals surface area contributed by atoms with Gasteiger partial charge in [-0.15, -0.1) is 0 Å². The molecule has 0 radical (unpaired) electrons. The summed E-state index contributed by atoms with van der Waals surface area (Å²) in [7, 11) is -10.8. The summed E-state index contributed by atoms with van der Waals surface area (Å²) in [6.45, 7) is 2.72. The number of esters is 2. The molecule has 406 valence electrons. The first kappa shape index (κ1) is 65.6. The summed E-state index contributed by atoms with van der Waals surface area (Å²) in [5.41, 5.74) is 0. The highest BCUT2D eigenvalue weighted by Gasteiger charge is 2.54. The van der Waals surface area contributed by atoms with Gasteiger partial charge in [0.15, 0.2) is 6.10 Å². The Hall–Kier alpha value is -2.42. The van der Waals surface area contributed by atoms with E-state index in [0.717, 1.165) is 70.6 Å². The van der Waals surface area contributed by atoms with Crippen LogP contribution in [0.2, 0.25) is 0 Å². The number of carbonyl (C=O) groups is 2. The fraction of sp³-hybridized carbons (Fsp3) is 0.755. The minimum absolute atomic E-state index is 0.0227. The Morgan fingerprint density at radius 3 is 1.63 bits per heavy atom. The molecule has 10 N–H and O–H groups in total. The summed E-state index contributed by atoms with van der Waals surface area (Å²) in [6.07, 6.45) is 19.4. The summed E-state index contributed by atoms with van der Waals surface area (Å²) >= 11 is 0. The van der Waals surface area contributed by atoms with Gasteiger partial charge in [0.25, 0.3) is 0 Å². The predicted molar refractivity (Wildman–Crippen MR) is 264 cm³/mol. The maximum atomic E-state index is 13.0. The molecule has 1 aliphatic carbocycles. The molecule has 0 aliphatic heterocycles. The Kier molecular flexibility index (Phi) is 36.6. The molecule has 0 spiro atoms. The normalized spacial score (nSPS) is 22.9. The van der Waals surface area contributed by atoms with Crippen molar-refractivity contribution in [1.82, 2.24) is 0 Å². The summed E-state index contributed by atoms with van der Waals surface area (Å²) in [5, 5.41) is 72.0. The highest BCUT2D eigenvalue weighted by atomic mass is 31.2. The van der Waals surface area contributed by atoms with E-state index in [2.05, 4.69) is 30.5 Å². The standard InChI is InChI=1S/C49H86O19P2/c1-3-5-7-8-9-10-11-12-13-14-15-16-17-18-19-24-28-34-42(53)64-36-39(37-65-70(62,63)68-49-46(57)44(55)45(56)48(47(49)58)67-69(59,60)61)66-43(54)35-29-33-41(52)40(51)32-27-23-21-20-22-26-31-38(50)30-25-6-4-2/h12-13,20-23,26-27,31-32,38-41,44-52,55-58H,3-11,14-19,24-25,28-30,33-37H2,1-2H3,(H,62,63)(H2,59,60,61)/b13-12-,22-20-,23-21+,31-26+,32-27+/t38-,39+,40-,41-,44?,45?,46?,47?,48+,49-/m0/s1. The molecule has 0 aromatic heterocycles. The summed E-state index contributed by atoms with van der Waals surface area (Å²) in [5.74, 6) is -1.54. The maximum Gasteiger partial charge on any atom is 0.472 e. The van der Waals surface area contributed by atoms with Gasteiger partial charge in [0.1, 0.15) is 43.2 Å². The first-order valence-electron chi connectivity index (χ1n) is 25.2. The van der Waals surface area contributed by atoms with Crippen LogP contribution in [0.1, 0.15) is 162 Å². The molecule has 1 saturated carbocycles. The third-order valence-corrected chi connectivity index (χ3v) is 12.9. The molecule has 70 heavy (non-hydrogen) atoms. The zero-order valence-corrected chi connectivity index (χ0v) is 43.1. The van der Waals surface area contributed by atoms with E-state index in [1.165, 1.54) is 50.7 Å².